The average Bonchev–Trinajstić information content (AvgIpc) is 2.59. The number of fused-ring (bicyclic) bond motifs is 1. The fourth-order valence-corrected chi connectivity index (χ4v) is 2.56. The molecule has 1 heterocycles. The number of hydrogen-bond donors (Lipinski definition) is 2. The van der Waals surface area contributed by atoms with Crippen molar-refractivity contribution in [2.24, 2.45) is 4.99 Å². The van der Waals surface area contributed by atoms with Gasteiger partial charge in [0.05, 0.1) is 12.2 Å². The Morgan fingerprint density at radius 3 is 2.67 bits per heavy atom. The third-order valence-electron chi connectivity index (χ3n) is 3.81. The summed E-state index contributed by atoms with van der Waals surface area (Å²) in [4.78, 5) is 9.18. The quantitative estimate of drug-likeness (QED) is 0.275. The van der Waals surface area contributed by atoms with Crippen LogP contribution in [0.2, 0.25) is 0 Å². The maximum atomic E-state index is 4.68. The van der Waals surface area contributed by atoms with Crippen LogP contribution in [0.5, 0.6) is 0 Å². The second-order valence-electron chi connectivity index (χ2n) is 5.66. The predicted octanol–water partition coefficient (Wildman–Crippen LogP) is 4.49. The van der Waals surface area contributed by atoms with E-state index in [0.29, 0.717) is 6.54 Å². The van der Waals surface area contributed by atoms with Gasteiger partial charge in [-0.2, -0.15) is 0 Å². The molecule has 0 amide bonds. The van der Waals surface area contributed by atoms with Gasteiger partial charge < -0.3 is 10.6 Å². The van der Waals surface area contributed by atoms with E-state index >= 15 is 0 Å². The molecule has 5 heteroatoms. The molecule has 0 aliphatic rings. The molecule has 2 rings (SSSR count). The summed E-state index contributed by atoms with van der Waals surface area (Å²) < 4.78 is 0. The number of guanidine groups is 1. The summed E-state index contributed by atoms with van der Waals surface area (Å²) in [5, 5.41) is 9.10. The number of aliphatic imine (C=N–C) groups is 1. The molecule has 0 aliphatic carbocycles. The van der Waals surface area contributed by atoms with Crippen LogP contribution in [0.4, 0.5) is 0 Å². The van der Waals surface area contributed by atoms with E-state index in [-0.39, 0.29) is 24.0 Å². The van der Waals surface area contributed by atoms with Gasteiger partial charge in [-0.1, -0.05) is 50.5 Å². The maximum absolute atomic E-state index is 4.68. The van der Waals surface area contributed by atoms with E-state index in [4.69, 9.17) is 0 Å². The molecule has 0 unspecified atom stereocenters. The summed E-state index contributed by atoms with van der Waals surface area (Å²) in [6, 6.07) is 10.4. The SMILES string of the molecule is CCCCCCNC(=NCc1nccc2ccccc12)NCC.I. The normalized spacial score (nSPS) is 11.2. The van der Waals surface area contributed by atoms with E-state index < -0.39 is 0 Å². The first-order valence-corrected chi connectivity index (χ1v) is 8.70. The summed E-state index contributed by atoms with van der Waals surface area (Å²) in [5.74, 6) is 0.874. The Balaban J connectivity index is 0.00000288. The van der Waals surface area contributed by atoms with Crippen LogP contribution >= 0.6 is 24.0 Å². The van der Waals surface area contributed by atoms with Gasteiger partial charge in [-0.25, -0.2) is 4.99 Å². The van der Waals surface area contributed by atoms with Crippen molar-refractivity contribution in [1.29, 1.82) is 0 Å². The van der Waals surface area contributed by atoms with Crippen molar-refractivity contribution in [3.63, 3.8) is 0 Å². The zero-order valence-corrected chi connectivity index (χ0v) is 17.0. The lowest BCUT2D eigenvalue weighted by molar-refractivity contribution is 0.647. The Labute approximate surface area is 162 Å². The van der Waals surface area contributed by atoms with Crippen LogP contribution in [0.1, 0.15) is 45.2 Å². The molecule has 0 spiro atoms. The molecule has 1 aromatic carbocycles. The third kappa shape index (κ3) is 6.63. The molecule has 1 aromatic heterocycles. The van der Waals surface area contributed by atoms with E-state index in [9.17, 15) is 0 Å². The van der Waals surface area contributed by atoms with E-state index in [1.165, 1.54) is 36.5 Å². The van der Waals surface area contributed by atoms with Crippen molar-refractivity contribution in [2.45, 2.75) is 46.1 Å². The van der Waals surface area contributed by atoms with Gasteiger partial charge in [0.1, 0.15) is 0 Å². The van der Waals surface area contributed by atoms with Crippen molar-refractivity contribution in [1.82, 2.24) is 15.6 Å². The molecule has 0 bridgehead atoms. The topological polar surface area (TPSA) is 49.3 Å². The fourth-order valence-electron chi connectivity index (χ4n) is 2.56. The third-order valence-corrected chi connectivity index (χ3v) is 3.81. The van der Waals surface area contributed by atoms with Crippen molar-refractivity contribution < 1.29 is 0 Å². The fraction of sp³-hybridized carbons (Fsp3) is 0.474. The van der Waals surface area contributed by atoms with Gasteiger partial charge in [0.15, 0.2) is 5.96 Å². The van der Waals surface area contributed by atoms with Gasteiger partial charge in [0.25, 0.3) is 0 Å². The first kappa shape index (κ1) is 20.7. The molecule has 0 saturated carbocycles. The summed E-state index contributed by atoms with van der Waals surface area (Å²) in [5.41, 5.74) is 1.02. The number of pyridine rings is 1. The first-order chi connectivity index (χ1) is 11.3. The zero-order valence-electron chi connectivity index (χ0n) is 14.7. The highest BCUT2D eigenvalue weighted by Crippen LogP contribution is 2.16. The van der Waals surface area contributed by atoms with Crippen molar-refractivity contribution >= 4 is 40.7 Å². The number of unbranched alkanes of at least 4 members (excludes halogenated alkanes) is 3. The number of hydrogen-bond acceptors (Lipinski definition) is 2. The Morgan fingerprint density at radius 1 is 1.04 bits per heavy atom. The molecule has 2 N–H and O–H groups in total. The lowest BCUT2D eigenvalue weighted by Gasteiger charge is -2.11. The molecule has 0 saturated heterocycles. The summed E-state index contributed by atoms with van der Waals surface area (Å²) >= 11 is 0. The average molecular weight is 440 g/mol. The van der Waals surface area contributed by atoms with Crippen molar-refractivity contribution in [2.75, 3.05) is 13.1 Å². The second kappa shape index (κ2) is 12.1. The lowest BCUT2D eigenvalue weighted by atomic mass is 10.1. The van der Waals surface area contributed by atoms with Gasteiger partial charge in [-0.15, -0.1) is 24.0 Å². The minimum atomic E-state index is 0. The monoisotopic (exact) mass is 440 g/mol. The van der Waals surface area contributed by atoms with Crippen LogP contribution in [0.3, 0.4) is 0 Å². The van der Waals surface area contributed by atoms with Crippen LogP contribution in [-0.4, -0.2) is 24.0 Å². The molecule has 0 atom stereocenters. The Bertz CT molecular complexity index is 622. The molecule has 4 nitrogen and oxygen atoms in total. The molecular weight excluding hydrogens is 411 g/mol. The minimum absolute atomic E-state index is 0. The summed E-state index contributed by atoms with van der Waals surface area (Å²) in [7, 11) is 0. The van der Waals surface area contributed by atoms with Gasteiger partial charge in [-0.3, -0.25) is 4.98 Å². The van der Waals surface area contributed by atoms with Gasteiger partial charge in [0.2, 0.25) is 0 Å². The Kier molecular flexibility index (Phi) is 10.4. The molecule has 2 aromatic rings. The van der Waals surface area contributed by atoms with Gasteiger partial charge >= 0.3 is 0 Å². The number of halogens is 1. The van der Waals surface area contributed by atoms with Crippen LogP contribution < -0.4 is 10.6 Å². The smallest absolute Gasteiger partial charge is 0.191 e. The Hall–Kier alpha value is -1.37. The minimum Gasteiger partial charge on any atom is -0.357 e. The standard InChI is InChI=1S/C19H28N4.HI/c1-3-5-6-9-13-22-19(20-4-2)23-15-18-17-11-8-7-10-16(17)12-14-21-18;/h7-8,10-12,14H,3-6,9,13,15H2,1-2H3,(H2,20,22,23);1H. The molecule has 0 aliphatic heterocycles. The van der Waals surface area contributed by atoms with E-state index in [0.717, 1.165) is 24.7 Å². The molecule has 132 valence electrons. The highest BCUT2D eigenvalue weighted by atomic mass is 127. The van der Waals surface area contributed by atoms with E-state index in [1.807, 2.05) is 12.3 Å². The van der Waals surface area contributed by atoms with Crippen LogP contribution in [-0.2, 0) is 6.54 Å². The highest BCUT2D eigenvalue weighted by molar-refractivity contribution is 14.0. The number of nitrogens with zero attached hydrogens (tertiary/aromatic N) is 2. The predicted molar refractivity (Wildman–Crippen MR) is 114 cm³/mol. The number of aromatic nitrogens is 1. The maximum Gasteiger partial charge on any atom is 0.191 e. The van der Waals surface area contributed by atoms with Crippen molar-refractivity contribution in [3.05, 3.63) is 42.2 Å². The zero-order chi connectivity index (χ0) is 16.3. The first-order valence-electron chi connectivity index (χ1n) is 8.70. The lowest BCUT2D eigenvalue weighted by Crippen LogP contribution is -2.37. The summed E-state index contributed by atoms with van der Waals surface area (Å²) in [6.07, 6.45) is 6.88. The summed E-state index contributed by atoms with van der Waals surface area (Å²) in [6.45, 7) is 6.74. The van der Waals surface area contributed by atoms with E-state index in [2.05, 4.69) is 58.7 Å². The number of benzene rings is 1. The molecule has 24 heavy (non-hydrogen) atoms. The number of rotatable bonds is 8. The molecule has 0 radical (unpaired) electrons. The number of nitrogens with one attached hydrogen (secondary N) is 2. The van der Waals surface area contributed by atoms with Crippen molar-refractivity contribution in [3.8, 4) is 0 Å². The van der Waals surface area contributed by atoms with E-state index in [1.54, 1.807) is 0 Å². The molecular formula is C19H29IN4. The van der Waals surface area contributed by atoms with Crippen LogP contribution in [0, 0.1) is 0 Å². The van der Waals surface area contributed by atoms with Gasteiger partial charge in [0, 0.05) is 24.7 Å². The highest BCUT2D eigenvalue weighted by Gasteiger charge is 2.02. The largest absolute Gasteiger partial charge is 0.357 e. The van der Waals surface area contributed by atoms with Gasteiger partial charge in [-0.05, 0) is 24.8 Å². The molecule has 0 fully saturated rings. The Morgan fingerprint density at radius 2 is 1.88 bits per heavy atom. The second-order valence-corrected chi connectivity index (χ2v) is 5.66. The van der Waals surface area contributed by atoms with Crippen LogP contribution in [0.25, 0.3) is 10.8 Å². The van der Waals surface area contributed by atoms with Crippen LogP contribution in [0.15, 0.2) is 41.5 Å².